The first-order valence-electron chi connectivity index (χ1n) is 9.02. The monoisotopic (exact) mass is 387 g/mol. The number of aromatic nitrogens is 3. The van der Waals surface area contributed by atoms with Gasteiger partial charge in [-0.05, 0) is 37.5 Å². The van der Waals surface area contributed by atoms with Crippen LogP contribution in [0.15, 0.2) is 36.8 Å². The molecule has 8 heteroatoms. The van der Waals surface area contributed by atoms with E-state index in [2.05, 4.69) is 20.3 Å². The minimum atomic E-state index is -0.967. The summed E-state index contributed by atoms with van der Waals surface area (Å²) >= 11 is 6.21. The highest BCUT2D eigenvalue weighted by Crippen LogP contribution is 2.33. The number of hydrogen-bond acceptors (Lipinski definition) is 6. The minimum absolute atomic E-state index is 0.567. The third-order valence-electron chi connectivity index (χ3n) is 4.84. The second-order valence-electron chi connectivity index (χ2n) is 6.62. The van der Waals surface area contributed by atoms with Gasteiger partial charge in [-0.15, -0.1) is 0 Å². The van der Waals surface area contributed by atoms with Gasteiger partial charge >= 0.3 is 0 Å². The molecule has 0 aliphatic carbocycles. The first-order chi connectivity index (χ1) is 13.2. The molecule has 0 radical (unpaired) electrons. The number of rotatable bonds is 5. The zero-order valence-electron chi connectivity index (χ0n) is 15.1. The van der Waals surface area contributed by atoms with Crippen LogP contribution in [0.25, 0.3) is 5.65 Å². The topological polar surface area (TPSA) is 74.9 Å². The fourth-order valence-corrected chi connectivity index (χ4v) is 3.61. The van der Waals surface area contributed by atoms with Gasteiger partial charge in [0.1, 0.15) is 0 Å². The first kappa shape index (κ1) is 17.9. The van der Waals surface area contributed by atoms with E-state index in [4.69, 9.17) is 16.3 Å². The van der Waals surface area contributed by atoms with Crippen molar-refractivity contribution in [2.45, 2.75) is 25.5 Å². The van der Waals surface area contributed by atoms with Gasteiger partial charge in [0.2, 0.25) is 0 Å². The maximum absolute atomic E-state index is 10.8. The molecule has 3 aromatic rings. The Hall–Kier alpha value is -2.51. The second-order valence-corrected chi connectivity index (χ2v) is 7.05. The van der Waals surface area contributed by atoms with Crippen molar-refractivity contribution in [3.63, 3.8) is 0 Å². The number of methoxy groups -OCH3 is 1. The van der Waals surface area contributed by atoms with Crippen LogP contribution in [0.4, 0.5) is 11.4 Å². The first-order valence-corrected chi connectivity index (χ1v) is 9.40. The predicted octanol–water partition coefficient (Wildman–Crippen LogP) is 3.48. The Labute approximate surface area is 162 Å². The quantitative estimate of drug-likeness (QED) is 0.653. The molecule has 3 heterocycles. The summed E-state index contributed by atoms with van der Waals surface area (Å²) in [5.74, 6) is 0.599. The van der Waals surface area contributed by atoms with Crippen molar-refractivity contribution < 1.29 is 9.84 Å². The molecule has 4 rings (SSSR count). The van der Waals surface area contributed by atoms with Crippen LogP contribution in [0.2, 0.25) is 5.02 Å². The number of hydrogen-bond donors (Lipinski definition) is 2. The molecule has 1 unspecified atom stereocenters. The summed E-state index contributed by atoms with van der Waals surface area (Å²) in [4.78, 5) is 6.67. The lowest BCUT2D eigenvalue weighted by Gasteiger charge is -2.31. The number of fused-ring (bicyclic) bond motifs is 1. The van der Waals surface area contributed by atoms with E-state index >= 15 is 0 Å². The number of nitrogens with zero attached hydrogens (tertiary/aromatic N) is 4. The minimum Gasteiger partial charge on any atom is -0.494 e. The van der Waals surface area contributed by atoms with Crippen LogP contribution in [0.1, 0.15) is 31.1 Å². The SMILES string of the molecule is COc1cnc2c(C(O)Nc3cc(Cl)ccc3N3CCCCC3)cnn2c1. The highest BCUT2D eigenvalue weighted by Gasteiger charge is 2.19. The fourth-order valence-electron chi connectivity index (χ4n) is 3.43. The van der Waals surface area contributed by atoms with Gasteiger partial charge in [-0.2, -0.15) is 5.10 Å². The highest BCUT2D eigenvalue weighted by atomic mass is 35.5. The molecule has 1 aliphatic heterocycles. The van der Waals surface area contributed by atoms with Crippen LogP contribution >= 0.6 is 11.6 Å². The Kier molecular flexibility index (Phi) is 5.05. The van der Waals surface area contributed by atoms with Crippen LogP contribution in [0.5, 0.6) is 5.75 Å². The van der Waals surface area contributed by atoms with Crippen LogP contribution in [-0.2, 0) is 0 Å². The molecule has 1 atom stereocenters. The van der Waals surface area contributed by atoms with Crippen molar-refractivity contribution in [3.8, 4) is 5.75 Å². The van der Waals surface area contributed by atoms with Crippen LogP contribution in [-0.4, -0.2) is 39.9 Å². The number of aliphatic hydroxyl groups excluding tert-OH is 1. The Morgan fingerprint density at radius 3 is 2.81 bits per heavy atom. The van der Waals surface area contributed by atoms with Crippen molar-refractivity contribution in [1.82, 2.24) is 14.6 Å². The third kappa shape index (κ3) is 3.65. The van der Waals surface area contributed by atoms with E-state index in [1.165, 1.54) is 19.3 Å². The lowest BCUT2D eigenvalue weighted by atomic mass is 10.1. The number of ether oxygens (including phenoxy) is 1. The smallest absolute Gasteiger partial charge is 0.162 e. The summed E-state index contributed by atoms with van der Waals surface area (Å²) in [5, 5.41) is 18.9. The summed E-state index contributed by atoms with van der Waals surface area (Å²) in [6.07, 6.45) is 7.56. The van der Waals surface area contributed by atoms with Crippen molar-refractivity contribution >= 4 is 28.6 Å². The van der Waals surface area contributed by atoms with Gasteiger partial charge < -0.3 is 20.1 Å². The van der Waals surface area contributed by atoms with Gasteiger partial charge in [-0.3, -0.25) is 0 Å². The van der Waals surface area contributed by atoms with Crippen molar-refractivity contribution in [3.05, 3.63) is 47.4 Å². The lowest BCUT2D eigenvalue weighted by molar-refractivity contribution is 0.209. The molecule has 0 bridgehead atoms. The molecule has 1 aromatic carbocycles. The Bertz CT molecular complexity index is 939. The van der Waals surface area contributed by atoms with E-state index in [0.717, 1.165) is 24.5 Å². The maximum Gasteiger partial charge on any atom is 0.162 e. The average molecular weight is 388 g/mol. The van der Waals surface area contributed by atoms with Crippen molar-refractivity contribution in [2.24, 2.45) is 0 Å². The van der Waals surface area contributed by atoms with Crippen molar-refractivity contribution in [1.29, 1.82) is 0 Å². The molecule has 27 heavy (non-hydrogen) atoms. The molecular formula is C19H22ClN5O2. The average Bonchev–Trinajstić information content (AvgIpc) is 3.12. The van der Waals surface area contributed by atoms with Crippen molar-refractivity contribution in [2.75, 3.05) is 30.4 Å². The van der Waals surface area contributed by atoms with Crippen LogP contribution in [0.3, 0.4) is 0 Å². The van der Waals surface area contributed by atoms with Gasteiger partial charge in [-0.25, -0.2) is 9.50 Å². The summed E-state index contributed by atoms with van der Waals surface area (Å²) < 4.78 is 6.75. The Morgan fingerprint density at radius 2 is 2.04 bits per heavy atom. The van der Waals surface area contributed by atoms with Gasteiger partial charge in [0, 0.05) is 18.1 Å². The summed E-state index contributed by atoms with van der Waals surface area (Å²) in [6, 6.07) is 5.73. The molecule has 1 aliphatic rings. The summed E-state index contributed by atoms with van der Waals surface area (Å²) in [5.41, 5.74) is 2.99. The Morgan fingerprint density at radius 1 is 1.22 bits per heavy atom. The van der Waals surface area contributed by atoms with E-state index in [1.54, 1.807) is 30.2 Å². The largest absolute Gasteiger partial charge is 0.494 e. The number of benzene rings is 1. The van der Waals surface area contributed by atoms with E-state index in [-0.39, 0.29) is 0 Å². The molecular weight excluding hydrogens is 366 g/mol. The van der Waals surface area contributed by atoms with Crippen LogP contribution < -0.4 is 15.0 Å². The van der Waals surface area contributed by atoms with Gasteiger partial charge in [0.05, 0.1) is 42.6 Å². The molecule has 0 spiro atoms. The molecule has 7 nitrogen and oxygen atoms in total. The highest BCUT2D eigenvalue weighted by molar-refractivity contribution is 6.31. The number of halogens is 1. The number of aliphatic hydroxyl groups is 1. The molecule has 0 saturated carbocycles. The molecule has 2 N–H and O–H groups in total. The van der Waals surface area contributed by atoms with Crippen LogP contribution in [0, 0.1) is 0 Å². The standard InChI is InChI=1S/C19H22ClN5O2/c1-27-14-10-21-18-15(11-22-25(18)12-14)19(26)23-16-9-13(20)5-6-17(16)24-7-3-2-4-8-24/h5-6,9-12,19,23,26H,2-4,7-8H2,1H3. The van der Waals surface area contributed by atoms with E-state index in [0.29, 0.717) is 22.0 Å². The van der Waals surface area contributed by atoms with Gasteiger partial charge in [0.15, 0.2) is 17.6 Å². The second kappa shape index (κ2) is 7.62. The lowest BCUT2D eigenvalue weighted by Crippen LogP contribution is -2.30. The number of anilines is 2. The summed E-state index contributed by atoms with van der Waals surface area (Å²) in [7, 11) is 1.57. The predicted molar refractivity (Wildman–Crippen MR) is 106 cm³/mol. The van der Waals surface area contributed by atoms with Gasteiger partial charge in [0.25, 0.3) is 0 Å². The number of piperidine rings is 1. The fraction of sp³-hybridized carbons (Fsp3) is 0.368. The molecule has 142 valence electrons. The Balaban J connectivity index is 1.63. The van der Waals surface area contributed by atoms with E-state index in [9.17, 15) is 5.11 Å². The molecule has 1 fully saturated rings. The third-order valence-corrected chi connectivity index (χ3v) is 5.07. The summed E-state index contributed by atoms with van der Waals surface area (Å²) in [6.45, 7) is 2.01. The van der Waals surface area contributed by atoms with E-state index < -0.39 is 6.23 Å². The molecule has 2 aromatic heterocycles. The zero-order valence-corrected chi connectivity index (χ0v) is 15.9. The zero-order chi connectivity index (χ0) is 18.8. The maximum atomic E-state index is 10.8. The van der Waals surface area contributed by atoms with E-state index in [1.807, 2.05) is 18.2 Å². The normalized spacial score (nSPS) is 15.7. The van der Waals surface area contributed by atoms with Gasteiger partial charge in [-0.1, -0.05) is 11.6 Å². The number of nitrogens with one attached hydrogen (secondary N) is 1. The molecule has 1 saturated heterocycles. The molecule has 0 amide bonds.